The summed E-state index contributed by atoms with van der Waals surface area (Å²) in [7, 11) is -3.40. The number of hydrogen-bond acceptors (Lipinski definition) is 3. The van der Waals surface area contributed by atoms with Crippen LogP contribution in [-0.2, 0) is 9.84 Å². The molecule has 2 N–H and O–H groups in total. The summed E-state index contributed by atoms with van der Waals surface area (Å²) in [6.07, 6.45) is 0.508. The molecule has 1 rings (SSSR count). The topological polar surface area (TPSA) is 77.2 Å². The van der Waals surface area contributed by atoms with Crippen molar-refractivity contribution in [3.63, 3.8) is 0 Å². The minimum absolute atomic E-state index is 0.0241. The summed E-state index contributed by atoms with van der Waals surface area (Å²) < 4.78 is 23.7. The van der Waals surface area contributed by atoms with Gasteiger partial charge in [-0.1, -0.05) is 18.6 Å². The van der Waals surface area contributed by atoms with Gasteiger partial charge in [-0.05, 0) is 25.5 Å². The molecule has 5 heteroatoms. The fourth-order valence-electron chi connectivity index (χ4n) is 1.49. The van der Waals surface area contributed by atoms with Gasteiger partial charge in [0.2, 0.25) is 5.91 Å². The van der Waals surface area contributed by atoms with E-state index in [1.54, 1.807) is 19.9 Å². The molecule has 0 unspecified atom stereocenters. The van der Waals surface area contributed by atoms with E-state index in [-0.39, 0.29) is 16.2 Å². The van der Waals surface area contributed by atoms with Gasteiger partial charge in [-0.25, -0.2) is 8.42 Å². The maximum atomic E-state index is 11.9. The summed E-state index contributed by atoms with van der Waals surface area (Å²) in [6.45, 7) is 3.55. The van der Waals surface area contributed by atoms with E-state index < -0.39 is 15.7 Å². The molecule has 0 aromatic heterocycles. The van der Waals surface area contributed by atoms with Crippen LogP contribution in [-0.4, -0.2) is 20.1 Å². The van der Waals surface area contributed by atoms with Gasteiger partial charge in [-0.2, -0.15) is 0 Å². The van der Waals surface area contributed by atoms with Gasteiger partial charge in [-0.15, -0.1) is 0 Å². The van der Waals surface area contributed by atoms with E-state index in [4.69, 9.17) is 5.73 Å². The van der Waals surface area contributed by atoms with Gasteiger partial charge < -0.3 is 5.73 Å². The van der Waals surface area contributed by atoms with E-state index in [1.165, 1.54) is 12.1 Å². The van der Waals surface area contributed by atoms with Crippen LogP contribution in [0.5, 0.6) is 0 Å². The Balaban J connectivity index is 3.39. The molecular formula is C11H15NO3S. The predicted molar refractivity (Wildman–Crippen MR) is 62.0 cm³/mol. The summed E-state index contributed by atoms with van der Waals surface area (Å²) >= 11 is 0. The SMILES string of the molecule is CCCS(=O)(=O)c1ccc(C)cc1C(N)=O. The highest BCUT2D eigenvalue weighted by Crippen LogP contribution is 2.19. The van der Waals surface area contributed by atoms with Gasteiger partial charge >= 0.3 is 0 Å². The predicted octanol–water partition coefficient (Wildman–Crippen LogP) is 1.28. The Kier molecular flexibility index (Phi) is 3.70. The van der Waals surface area contributed by atoms with Crippen LogP contribution < -0.4 is 5.73 Å². The van der Waals surface area contributed by atoms with Crippen molar-refractivity contribution < 1.29 is 13.2 Å². The Morgan fingerprint density at radius 2 is 2.00 bits per heavy atom. The molecule has 1 aromatic rings. The van der Waals surface area contributed by atoms with Crippen LogP contribution in [0.15, 0.2) is 23.1 Å². The lowest BCUT2D eigenvalue weighted by Gasteiger charge is -2.08. The number of aryl methyl sites for hydroxylation is 1. The number of benzene rings is 1. The minimum atomic E-state index is -3.40. The number of primary amides is 1. The van der Waals surface area contributed by atoms with Crippen LogP contribution in [0.2, 0.25) is 0 Å². The maximum Gasteiger partial charge on any atom is 0.250 e. The highest BCUT2D eigenvalue weighted by atomic mass is 32.2. The monoisotopic (exact) mass is 241 g/mol. The van der Waals surface area contributed by atoms with E-state index in [0.29, 0.717) is 6.42 Å². The van der Waals surface area contributed by atoms with E-state index >= 15 is 0 Å². The molecule has 0 spiro atoms. The molecule has 0 heterocycles. The Bertz CT molecular complexity index is 506. The molecule has 0 aliphatic heterocycles. The fourth-order valence-corrected chi connectivity index (χ4v) is 3.01. The molecule has 88 valence electrons. The van der Waals surface area contributed by atoms with Crippen molar-refractivity contribution in [3.05, 3.63) is 29.3 Å². The number of nitrogens with two attached hydrogens (primary N) is 1. The summed E-state index contributed by atoms with van der Waals surface area (Å²) in [4.78, 5) is 11.2. The van der Waals surface area contributed by atoms with Crippen molar-refractivity contribution in [1.29, 1.82) is 0 Å². The highest BCUT2D eigenvalue weighted by molar-refractivity contribution is 7.91. The van der Waals surface area contributed by atoms with Gasteiger partial charge in [-0.3, -0.25) is 4.79 Å². The van der Waals surface area contributed by atoms with Crippen molar-refractivity contribution in [2.75, 3.05) is 5.75 Å². The molecule has 1 amide bonds. The van der Waals surface area contributed by atoms with Gasteiger partial charge in [0.25, 0.3) is 0 Å². The molecule has 0 aliphatic carbocycles. The van der Waals surface area contributed by atoms with Crippen molar-refractivity contribution in [3.8, 4) is 0 Å². The quantitative estimate of drug-likeness (QED) is 0.862. The van der Waals surface area contributed by atoms with E-state index in [2.05, 4.69) is 0 Å². The summed E-state index contributed by atoms with van der Waals surface area (Å²) in [5.41, 5.74) is 6.06. The standard InChI is InChI=1S/C11H15NO3S/c1-3-6-16(14,15)10-5-4-8(2)7-9(10)11(12)13/h4-5,7H,3,6H2,1-2H3,(H2,12,13). The Morgan fingerprint density at radius 1 is 1.38 bits per heavy atom. The van der Waals surface area contributed by atoms with Crippen LogP contribution in [0.1, 0.15) is 29.3 Å². The molecule has 0 bridgehead atoms. The van der Waals surface area contributed by atoms with Crippen molar-refractivity contribution in [2.45, 2.75) is 25.2 Å². The van der Waals surface area contributed by atoms with Gasteiger partial charge in [0.1, 0.15) is 0 Å². The zero-order valence-corrected chi connectivity index (χ0v) is 10.2. The Hall–Kier alpha value is -1.36. The zero-order valence-electron chi connectivity index (χ0n) is 9.36. The van der Waals surface area contributed by atoms with E-state index in [0.717, 1.165) is 5.56 Å². The van der Waals surface area contributed by atoms with E-state index in [1.807, 2.05) is 0 Å². The first-order valence-electron chi connectivity index (χ1n) is 5.01. The third-order valence-corrected chi connectivity index (χ3v) is 4.18. The normalized spacial score (nSPS) is 11.4. The summed E-state index contributed by atoms with van der Waals surface area (Å²) in [5, 5.41) is 0. The molecular weight excluding hydrogens is 226 g/mol. The first-order valence-corrected chi connectivity index (χ1v) is 6.67. The van der Waals surface area contributed by atoms with Crippen LogP contribution in [0.25, 0.3) is 0 Å². The van der Waals surface area contributed by atoms with Crippen molar-refractivity contribution >= 4 is 15.7 Å². The minimum Gasteiger partial charge on any atom is -0.366 e. The molecule has 16 heavy (non-hydrogen) atoms. The largest absolute Gasteiger partial charge is 0.366 e. The van der Waals surface area contributed by atoms with Gasteiger partial charge in [0.05, 0.1) is 16.2 Å². The molecule has 0 atom stereocenters. The lowest BCUT2D eigenvalue weighted by molar-refractivity contribution is 0.0997. The summed E-state index contributed by atoms with van der Waals surface area (Å²) in [6, 6.07) is 4.61. The van der Waals surface area contributed by atoms with Crippen LogP contribution in [0, 0.1) is 6.92 Å². The zero-order chi connectivity index (χ0) is 12.3. The molecule has 0 saturated heterocycles. The molecule has 4 nitrogen and oxygen atoms in total. The Morgan fingerprint density at radius 3 is 2.50 bits per heavy atom. The first kappa shape index (κ1) is 12.7. The number of hydrogen-bond donors (Lipinski definition) is 1. The van der Waals surface area contributed by atoms with E-state index in [9.17, 15) is 13.2 Å². The van der Waals surface area contributed by atoms with Crippen molar-refractivity contribution in [1.82, 2.24) is 0 Å². The number of rotatable bonds is 4. The lowest BCUT2D eigenvalue weighted by atomic mass is 10.1. The van der Waals surface area contributed by atoms with Crippen LogP contribution in [0.3, 0.4) is 0 Å². The van der Waals surface area contributed by atoms with Gasteiger partial charge in [0.15, 0.2) is 9.84 Å². The fraction of sp³-hybridized carbons (Fsp3) is 0.364. The van der Waals surface area contributed by atoms with Crippen molar-refractivity contribution in [2.24, 2.45) is 5.73 Å². The number of amides is 1. The highest BCUT2D eigenvalue weighted by Gasteiger charge is 2.20. The summed E-state index contributed by atoms with van der Waals surface area (Å²) in [5.74, 6) is -0.686. The molecule has 0 fully saturated rings. The third kappa shape index (κ3) is 2.61. The number of sulfone groups is 1. The second-order valence-corrected chi connectivity index (χ2v) is 5.76. The first-order chi connectivity index (χ1) is 7.38. The maximum absolute atomic E-state index is 11.9. The second-order valence-electron chi connectivity index (χ2n) is 3.68. The molecule has 1 aromatic carbocycles. The second kappa shape index (κ2) is 4.65. The number of carbonyl (C=O) groups excluding carboxylic acids is 1. The van der Waals surface area contributed by atoms with Crippen LogP contribution >= 0.6 is 0 Å². The average molecular weight is 241 g/mol. The Labute approximate surface area is 95.4 Å². The molecule has 0 aliphatic rings. The van der Waals surface area contributed by atoms with Gasteiger partial charge in [0, 0.05) is 0 Å². The van der Waals surface area contributed by atoms with Crippen LogP contribution in [0.4, 0.5) is 0 Å². The molecule has 0 saturated carbocycles. The molecule has 0 radical (unpaired) electrons. The third-order valence-electron chi connectivity index (χ3n) is 2.21. The average Bonchev–Trinajstić information content (AvgIpc) is 2.16. The lowest BCUT2D eigenvalue weighted by Crippen LogP contribution is -2.18. The smallest absolute Gasteiger partial charge is 0.250 e. The number of carbonyl (C=O) groups is 1.